The van der Waals surface area contributed by atoms with Gasteiger partial charge in [-0.2, -0.15) is 0 Å². The maximum absolute atomic E-state index is 2.55. The standard InChI is InChI=1S/C26H54/c1-20(2)10-14-25(15-11-21(3)4)18-24(9)19-26(16-12-22(5)6)17-13-23(7)8/h20-26H,10-19H2,1-9H3. The van der Waals surface area contributed by atoms with Crippen LogP contribution in [0, 0.1) is 41.4 Å². The minimum atomic E-state index is 0.858. The summed E-state index contributed by atoms with van der Waals surface area (Å²) in [4.78, 5) is 0. The van der Waals surface area contributed by atoms with Crippen LogP contribution >= 0.6 is 0 Å². The SMILES string of the molecule is CC(C)CCC(CCC(C)C)CC(C)CC(CCC(C)C)CCC(C)C. The quantitative estimate of drug-likeness (QED) is 0.255. The lowest BCUT2D eigenvalue weighted by atomic mass is 9.79. The van der Waals surface area contributed by atoms with Crippen molar-refractivity contribution in [2.24, 2.45) is 41.4 Å². The molecule has 0 atom stereocenters. The number of rotatable bonds is 16. The van der Waals surface area contributed by atoms with Gasteiger partial charge in [0.1, 0.15) is 0 Å². The molecular formula is C26H54. The van der Waals surface area contributed by atoms with Gasteiger partial charge in [-0.25, -0.2) is 0 Å². The Hall–Kier alpha value is 0. The van der Waals surface area contributed by atoms with Crippen LogP contribution in [0.4, 0.5) is 0 Å². The normalized spacial score (nSPS) is 12.9. The first kappa shape index (κ1) is 26.0. The summed E-state index contributed by atoms with van der Waals surface area (Å²) in [5.74, 6) is 6.27. The summed E-state index contributed by atoms with van der Waals surface area (Å²) in [7, 11) is 0. The third-order valence-electron chi connectivity index (χ3n) is 6.08. The van der Waals surface area contributed by atoms with Crippen molar-refractivity contribution in [3.63, 3.8) is 0 Å². The van der Waals surface area contributed by atoms with Crippen LogP contribution in [0.1, 0.15) is 127 Å². The van der Waals surface area contributed by atoms with Crippen molar-refractivity contribution < 1.29 is 0 Å². The molecule has 0 aliphatic heterocycles. The molecule has 0 spiro atoms. The van der Waals surface area contributed by atoms with E-state index >= 15 is 0 Å². The van der Waals surface area contributed by atoms with Gasteiger partial charge in [-0.1, -0.05) is 114 Å². The summed E-state index contributed by atoms with van der Waals surface area (Å²) in [5.41, 5.74) is 0. The average Bonchev–Trinajstić information content (AvgIpc) is 2.52. The van der Waals surface area contributed by atoms with Crippen molar-refractivity contribution in [2.75, 3.05) is 0 Å². The van der Waals surface area contributed by atoms with Crippen molar-refractivity contribution in [2.45, 2.75) is 127 Å². The second kappa shape index (κ2) is 15.0. The molecule has 0 bridgehead atoms. The van der Waals surface area contributed by atoms with Crippen LogP contribution in [0.25, 0.3) is 0 Å². The van der Waals surface area contributed by atoms with E-state index in [-0.39, 0.29) is 0 Å². The predicted octanol–water partition coefficient (Wildman–Crippen LogP) is 9.38. The largest absolute Gasteiger partial charge is 0.0628 e. The Labute approximate surface area is 168 Å². The highest BCUT2D eigenvalue weighted by molar-refractivity contribution is 4.71. The molecule has 0 amide bonds. The van der Waals surface area contributed by atoms with Crippen LogP contribution in [0.5, 0.6) is 0 Å². The number of hydrogen-bond donors (Lipinski definition) is 0. The van der Waals surface area contributed by atoms with Gasteiger partial charge in [0.2, 0.25) is 0 Å². The topological polar surface area (TPSA) is 0 Å². The summed E-state index contributed by atoms with van der Waals surface area (Å²) >= 11 is 0. The van der Waals surface area contributed by atoms with Gasteiger partial charge in [0.05, 0.1) is 0 Å². The van der Waals surface area contributed by atoms with Gasteiger partial charge in [0.25, 0.3) is 0 Å². The van der Waals surface area contributed by atoms with Crippen LogP contribution < -0.4 is 0 Å². The molecule has 0 saturated heterocycles. The zero-order valence-corrected chi connectivity index (χ0v) is 20.1. The fourth-order valence-corrected chi connectivity index (χ4v) is 4.27. The molecule has 0 rings (SSSR count). The Bertz CT molecular complexity index is 245. The van der Waals surface area contributed by atoms with Gasteiger partial charge in [-0.15, -0.1) is 0 Å². The van der Waals surface area contributed by atoms with E-state index in [1.54, 1.807) is 0 Å². The van der Waals surface area contributed by atoms with E-state index in [0.717, 1.165) is 41.4 Å². The molecule has 0 aliphatic carbocycles. The van der Waals surface area contributed by atoms with Gasteiger partial charge in [0, 0.05) is 0 Å². The molecule has 0 aliphatic rings. The molecule has 158 valence electrons. The summed E-state index contributed by atoms with van der Waals surface area (Å²) in [5, 5.41) is 0. The molecule has 0 aromatic rings. The Morgan fingerprint density at radius 1 is 0.346 bits per heavy atom. The molecule has 0 N–H and O–H groups in total. The van der Waals surface area contributed by atoms with Gasteiger partial charge >= 0.3 is 0 Å². The van der Waals surface area contributed by atoms with Gasteiger partial charge in [-0.3, -0.25) is 0 Å². The molecule has 0 nitrogen and oxygen atoms in total. The van der Waals surface area contributed by atoms with Crippen molar-refractivity contribution in [3.8, 4) is 0 Å². The summed E-state index contributed by atoms with van der Waals surface area (Å²) < 4.78 is 0. The second-order valence-corrected chi connectivity index (χ2v) is 11.2. The molecule has 0 heteroatoms. The Kier molecular flexibility index (Phi) is 15.0. The summed E-state index contributed by atoms with van der Waals surface area (Å²) in [6.45, 7) is 21.6. The minimum Gasteiger partial charge on any atom is -0.0628 e. The molecule has 26 heavy (non-hydrogen) atoms. The lowest BCUT2D eigenvalue weighted by Gasteiger charge is -2.27. The maximum atomic E-state index is 2.55. The second-order valence-electron chi connectivity index (χ2n) is 11.2. The third kappa shape index (κ3) is 16.2. The van der Waals surface area contributed by atoms with E-state index in [1.807, 2.05) is 0 Å². The molecule has 0 unspecified atom stereocenters. The van der Waals surface area contributed by atoms with Crippen LogP contribution in [-0.2, 0) is 0 Å². The third-order valence-corrected chi connectivity index (χ3v) is 6.08. The Morgan fingerprint density at radius 3 is 0.769 bits per heavy atom. The fraction of sp³-hybridized carbons (Fsp3) is 1.00. The van der Waals surface area contributed by atoms with Crippen LogP contribution in [0.2, 0.25) is 0 Å². The van der Waals surface area contributed by atoms with Gasteiger partial charge < -0.3 is 0 Å². The van der Waals surface area contributed by atoms with E-state index in [9.17, 15) is 0 Å². The van der Waals surface area contributed by atoms with E-state index in [1.165, 1.54) is 64.2 Å². The maximum Gasteiger partial charge on any atom is -0.0412 e. The van der Waals surface area contributed by atoms with Crippen LogP contribution in [-0.4, -0.2) is 0 Å². The predicted molar refractivity (Wildman–Crippen MR) is 122 cm³/mol. The van der Waals surface area contributed by atoms with E-state index in [2.05, 4.69) is 62.3 Å². The minimum absolute atomic E-state index is 0.858. The number of hydrogen-bond acceptors (Lipinski definition) is 0. The van der Waals surface area contributed by atoms with Gasteiger partial charge in [-0.05, 0) is 54.3 Å². The molecule has 0 radical (unpaired) electrons. The fourth-order valence-electron chi connectivity index (χ4n) is 4.27. The molecular weight excluding hydrogens is 312 g/mol. The lowest BCUT2D eigenvalue weighted by molar-refractivity contribution is 0.253. The summed E-state index contributed by atoms with van der Waals surface area (Å²) in [6, 6.07) is 0. The highest BCUT2D eigenvalue weighted by atomic mass is 14.2. The van der Waals surface area contributed by atoms with E-state index in [0.29, 0.717) is 0 Å². The van der Waals surface area contributed by atoms with Crippen LogP contribution in [0.3, 0.4) is 0 Å². The van der Waals surface area contributed by atoms with Gasteiger partial charge in [0.15, 0.2) is 0 Å². The lowest BCUT2D eigenvalue weighted by Crippen LogP contribution is -2.14. The van der Waals surface area contributed by atoms with E-state index in [4.69, 9.17) is 0 Å². The molecule has 0 fully saturated rings. The van der Waals surface area contributed by atoms with Crippen LogP contribution in [0.15, 0.2) is 0 Å². The van der Waals surface area contributed by atoms with Crippen molar-refractivity contribution in [3.05, 3.63) is 0 Å². The monoisotopic (exact) mass is 366 g/mol. The highest BCUT2D eigenvalue weighted by Crippen LogP contribution is 2.32. The average molecular weight is 367 g/mol. The Balaban J connectivity index is 4.57. The first-order valence-electron chi connectivity index (χ1n) is 12.1. The van der Waals surface area contributed by atoms with E-state index < -0.39 is 0 Å². The van der Waals surface area contributed by atoms with Crippen molar-refractivity contribution in [1.82, 2.24) is 0 Å². The zero-order valence-electron chi connectivity index (χ0n) is 20.1. The van der Waals surface area contributed by atoms with Crippen molar-refractivity contribution >= 4 is 0 Å². The van der Waals surface area contributed by atoms with Crippen molar-refractivity contribution in [1.29, 1.82) is 0 Å². The first-order valence-corrected chi connectivity index (χ1v) is 12.1. The molecule has 0 saturated carbocycles. The zero-order chi connectivity index (χ0) is 20.1. The Morgan fingerprint density at radius 2 is 0.577 bits per heavy atom. The summed E-state index contributed by atoms with van der Waals surface area (Å²) in [6.07, 6.45) is 14.4. The highest BCUT2D eigenvalue weighted by Gasteiger charge is 2.19. The molecule has 0 aromatic carbocycles. The molecule has 0 aromatic heterocycles. The smallest absolute Gasteiger partial charge is 0.0412 e. The molecule has 0 heterocycles. The first-order chi connectivity index (χ1) is 12.1.